The molecule has 0 bridgehead atoms. The highest BCUT2D eigenvalue weighted by atomic mass is 79.9. The Kier molecular flexibility index (Phi) is 6.18. The number of carbonyl (C=O) groups is 1. The Bertz CT molecular complexity index is 383. The fourth-order valence-corrected chi connectivity index (χ4v) is 1.81. The van der Waals surface area contributed by atoms with Crippen molar-refractivity contribution in [3.8, 4) is 0 Å². The van der Waals surface area contributed by atoms with Gasteiger partial charge in [-0.15, -0.1) is 0 Å². The van der Waals surface area contributed by atoms with Gasteiger partial charge in [0.1, 0.15) is 0 Å². The van der Waals surface area contributed by atoms with Crippen LogP contribution < -0.4 is 11.3 Å². The van der Waals surface area contributed by atoms with Gasteiger partial charge in [-0.2, -0.15) is 0 Å². The highest BCUT2D eigenvalue weighted by Gasteiger charge is 2.07. The van der Waals surface area contributed by atoms with Crippen molar-refractivity contribution < 1.29 is 9.53 Å². The highest BCUT2D eigenvalue weighted by Crippen LogP contribution is 2.19. The minimum atomic E-state index is -0.302. The topological polar surface area (TPSA) is 64.3 Å². The molecule has 1 aromatic rings. The van der Waals surface area contributed by atoms with Gasteiger partial charge in [0.15, 0.2) is 0 Å². The number of nitrogen functional groups attached to an aromatic ring is 1. The summed E-state index contributed by atoms with van der Waals surface area (Å²) in [7, 11) is 0. The number of hydrazine groups is 1. The quantitative estimate of drug-likeness (QED) is 0.367. The van der Waals surface area contributed by atoms with Gasteiger partial charge in [-0.05, 0) is 24.1 Å². The van der Waals surface area contributed by atoms with Crippen LogP contribution in [0.25, 0.3) is 0 Å². The Morgan fingerprint density at radius 3 is 2.88 bits per heavy atom. The monoisotopic (exact) mass is 300 g/mol. The summed E-state index contributed by atoms with van der Waals surface area (Å²) in [6.07, 6.45) is 2.18. The molecule has 0 heterocycles. The minimum absolute atomic E-state index is 0.302. The molecule has 0 aromatic heterocycles. The first kappa shape index (κ1) is 14.2. The van der Waals surface area contributed by atoms with E-state index in [1.54, 1.807) is 12.1 Å². The van der Waals surface area contributed by atoms with E-state index in [0.29, 0.717) is 12.2 Å². The molecule has 4 nitrogen and oxygen atoms in total. The molecule has 5 heteroatoms. The van der Waals surface area contributed by atoms with Crippen LogP contribution in [0.15, 0.2) is 22.7 Å². The lowest BCUT2D eigenvalue weighted by Crippen LogP contribution is -2.29. The van der Waals surface area contributed by atoms with Crippen LogP contribution in [0.3, 0.4) is 0 Å². The number of halogens is 1. The van der Waals surface area contributed by atoms with E-state index in [-0.39, 0.29) is 5.91 Å². The van der Waals surface area contributed by atoms with Gasteiger partial charge in [-0.1, -0.05) is 35.3 Å². The second-order valence-corrected chi connectivity index (χ2v) is 4.54. The summed E-state index contributed by atoms with van der Waals surface area (Å²) in [5.74, 6) is 4.76. The predicted molar refractivity (Wildman–Crippen MR) is 70.4 cm³/mol. The zero-order valence-corrected chi connectivity index (χ0v) is 11.4. The van der Waals surface area contributed by atoms with Gasteiger partial charge in [0.2, 0.25) is 0 Å². The Hall–Kier alpha value is -0.910. The summed E-state index contributed by atoms with van der Waals surface area (Å²) < 4.78 is 6.37. The fourth-order valence-electron chi connectivity index (χ4n) is 1.32. The lowest BCUT2D eigenvalue weighted by atomic mass is 10.1. The number of nitrogens with one attached hydrogen (secondary N) is 1. The van der Waals surface area contributed by atoms with Crippen molar-refractivity contribution in [2.75, 3.05) is 6.61 Å². The van der Waals surface area contributed by atoms with E-state index in [0.717, 1.165) is 29.5 Å². The van der Waals surface area contributed by atoms with Crippen molar-refractivity contribution in [3.05, 3.63) is 33.8 Å². The molecular weight excluding hydrogens is 284 g/mol. The first-order chi connectivity index (χ1) is 8.19. The summed E-state index contributed by atoms with van der Waals surface area (Å²) in [4.78, 5) is 11.3. The van der Waals surface area contributed by atoms with Crippen molar-refractivity contribution in [2.45, 2.75) is 26.4 Å². The minimum Gasteiger partial charge on any atom is -0.377 e. The van der Waals surface area contributed by atoms with E-state index >= 15 is 0 Å². The lowest BCUT2D eigenvalue weighted by molar-refractivity contribution is 0.0953. The molecule has 0 aliphatic carbocycles. The molecule has 0 radical (unpaired) electrons. The van der Waals surface area contributed by atoms with Crippen LogP contribution in [0.1, 0.15) is 35.7 Å². The van der Waals surface area contributed by atoms with Gasteiger partial charge in [-0.3, -0.25) is 10.2 Å². The molecule has 1 rings (SSSR count). The van der Waals surface area contributed by atoms with E-state index < -0.39 is 0 Å². The third-order valence-corrected chi connectivity index (χ3v) is 3.08. The van der Waals surface area contributed by atoms with Gasteiger partial charge in [0.05, 0.1) is 6.61 Å². The number of benzene rings is 1. The lowest BCUT2D eigenvalue weighted by Gasteiger charge is -2.07. The number of hydrogen-bond acceptors (Lipinski definition) is 3. The Morgan fingerprint density at radius 2 is 2.29 bits per heavy atom. The number of hydrogen-bond donors (Lipinski definition) is 2. The smallest absolute Gasteiger partial charge is 0.265 e. The maximum Gasteiger partial charge on any atom is 0.265 e. The second kappa shape index (κ2) is 7.42. The molecule has 1 amide bonds. The van der Waals surface area contributed by atoms with Gasteiger partial charge >= 0.3 is 0 Å². The van der Waals surface area contributed by atoms with Crippen LogP contribution >= 0.6 is 15.9 Å². The van der Waals surface area contributed by atoms with Crippen molar-refractivity contribution in [2.24, 2.45) is 5.84 Å². The molecule has 0 aliphatic heterocycles. The highest BCUT2D eigenvalue weighted by molar-refractivity contribution is 9.10. The molecule has 0 spiro atoms. The average molecular weight is 301 g/mol. The maximum absolute atomic E-state index is 11.3. The van der Waals surface area contributed by atoms with Gasteiger partial charge < -0.3 is 4.74 Å². The molecule has 0 saturated heterocycles. The van der Waals surface area contributed by atoms with Crippen LogP contribution in [0, 0.1) is 0 Å². The van der Waals surface area contributed by atoms with Crippen LogP contribution in [-0.4, -0.2) is 12.5 Å². The summed E-state index contributed by atoms with van der Waals surface area (Å²) in [6, 6.07) is 5.33. The van der Waals surface area contributed by atoms with Crippen molar-refractivity contribution in [1.29, 1.82) is 0 Å². The second-order valence-electron chi connectivity index (χ2n) is 3.69. The number of amides is 1. The number of carbonyl (C=O) groups excluding carboxylic acids is 1. The third kappa shape index (κ3) is 4.46. The van der Waals surface area contributed by atoms with Crippen molar-refractivity contribution in [3.63, 3.8) is 0 Å². The summed E-state index contributed by atoms with van der Waals surface area (Å²) in [5.41, 5.74) is 3.64. The summed E-state index contributed by atoms with van der Waals surface area (Å²) >= 11 is 3.41. The van der Waals surface area contributed by atoms with E-state index in [1.165, 1.54) is 0 Å². The zero-order valence-electron chi connectivity index (χ0n) is 9.83. The molecule has 3 N–H and O–H groups in total. The molecule has 0 fully saturated rings. The van der Waals surface area contributed by atoms with Gasteiger partial charge in [-0.25, -0.2) is 5.84 Å². The van der Waals surface area contributed by atoms with Crippen LogP contribution in [0.4, 0.5) is 0 Å². The maximum atomic E-state index is 11.3. The standard InChI is InChI=1S/C12H17BrN2O2/c1-2-3-6-17-8-10-5-4-9(7-11(10)13)12(16)15-14/h4-5,7H,2-3,6,8,14H2,1H3,(H,15,16). The number of ether oxygens (including phenoxy) is 1. The molecule has 0 saturated carbocycles. The predicted octanol–water partition coefficient (Wildman–Crippen LogP) is 2.37. The van der Waals surface area contributed by atoms with Crippen LogP contribution in [-0.2, 0) is 11.3 Å². The van der Waals surface area contributed by atoms with E-state index in [2.05, 4.69) is 28.3 Å². The van der Waals surface area contributed by atoms with Crippen LogP contribution in [0.2, 0.25) is 0 Å². The van der Waals surface area contributed by atoms with Gasteiger partial charge in [0.25, 0.3) is 5.91 Å². The fraction of sp³-hybridized carbons (Fsp3) is 0.417. The summed E-state index contributed by atoms with van der Waals surface area (Å²) in [5, 5.41) is 0. The Morgan fingerprint density at radius 1 is 1.53 bits per heavy atom. The van der Waals surface area contributed by atoms with Crippen molar-refractivity contribution in [1.82, 2.24) is 5.43 Å². The zero-order chi connectivity index (χ0) is 12.7. The first-order valence-corrected chi connectivity index (χ1v) is 6.35. The molecule has 94 valence electrons. The molecule has 0 aliphatic rings. The van der Waals surface area contributed by atoms with E-state index in [4.69, 9.17) is 10.6 Å². The van der Waals surface area contributed by atoms with Gasteiger partial charge in [0, 0.05) is 16.6 Å². The van der Waals surface area contributed by atoms with E-state index in [1.807, 2.05) is 6.07 Å². The largest absolute Gasteiger partial charge is 0.377 e. The first-order valence-electron chi connectivity index (χ1n) is 5.56. The van der Waals surface area contributed by atoms with Crippen LogP contribution in [0.5, 0.6) is 0 Å². The molecular formula is C12H17BrN2O2. The molecule has 0 unspecified atom stereocenters. The average Bonchev–Trinajstić information content (AvgIpc) is 2.35. The summed E-state index contributed by atoms with van der Waals surface area (Å²) in [6.45, 7) is 3.43. The Labute approximate surface area is 110 Å². The van der Waals surface area contributed by atoms with E-state index in [9.17, 15) is 4.79 Å². The molecule has 1 aromatic carbocycles. The molecule has 17 heavy (non-hydrogen) atoms. The third-order valence-electron chi connectivity index (χ3n) is 2.35. The number of unbranched alkanes of at least 4 members (excludes halogenated alkanes) is 1. The SMILES string of the molecule is CCCCOCc1ccc(C(=O)NN)cc1Br. The number of rotatable bonds is 6. The number of nitrogens with two attached hydrogens (primary N) is 1. The Balaban J connectivity index is 2.60. The molecule has 0 atom stereocenters. The van der Waals surface area contributed by atoms with Crippen molar-refractivity contribution >= 4 is 21.8 Å². The normalized spacial score (nSPS) is 10.3.